The molecule has 3 heteroatoms. The van der Waals surface area contributed by atoms with Gasteiger partial charge in [0.15, 0.2) is 0 Å². The number of hydrogen-bond donors (Lipinski definition) is 0. The van der Waals surface area contributed by atoms with E-state index in [0.717, 1.165) is 22.4 Å². The van der Waals surface area contributed by atoms with Gasteiger partial charge in [0.2, 0.25) is 0 Å². The van der Waals surface area contributed by atoms with Crippen LogP contribution in [0.1, 0.15) is 32.4 Å². The van der Waals surface area contributed by atoms with E-state index < -0.39 is 0 Å². The van der Waals surface area contributed by atoms with Gasteiger partial charge in [0, 0.05) is 17.9 Å². The van der Waals surface area contributed by atoms with Gasteiger partial charge in [0.25, 0.3) is 5.91 Å². The highest BCUT2D eigenvalue weighted by Gasteiger charge is 2.36. The van der Waals surface area contributed by atoms with Crippen LogP contribution in [0, 0.1) is 0 Å². The zero-order valence-corrected chi connectivity index (χ0v) is 14.7. The van der Waals surface area contributed by atoms with E-state index in [1.165, 1.54) is 5.56 Å². The molecule has 2 nitrogen and oxygen atoms in total. The lowest BCUT2D eigenvalue weighted by Gasteiger charge is -2.25. The Labute approximate surface area is 152 Å². The first-order chi connectivity index (χ1) is 12.3. The first kappa shape index (κ1) is 16.0. The summed E-state index contributed by atoms with van der Waals surface area (Å²) in [6, 6.07) is 28.6. The lowest BCUT2D eigenvalue weighted by atomic mass is 10.1. The number of nitrogens with zero attached hydrogens (tertiary/aromatic N) is 1. The van der Waals surface area contributed by atoms with Crippen LogP contribution in [0.5, 0.6) is 0 Å². The van der Waals surface area contributed by atoms with Crippen LogP contribution in [0.25, 0.3) is 0 Å². The van der Waals surface area contributed by atoms with E-state index >= 15 is 0 Å². The van der Waals surface area contributed by atoms with Gasteiger partial charge in [0.1, 0.15) is 5.37 Å². The third-order valence-electron chi connectivity index (χ3n) is 4.45. The van der Waals surface area contributed by atoms with Gasteiger partial charge in [-0.1, -0.05) is 78.9 Å². The summed E-state index contributed by atoms with van der Waals surface area (Å²) >= 11 is 1.82. The Kier molecular flexibility index (Phi) is 4.57. The molecule has 0 saturated carbocycles. The van der Waals surface area contributed by atoms with Crippen molar-refractivity contribution in [2.75, 3.05) is 0 Å². The summed E-state index contributed by atoms with van der Waals surface area (Å²) in [6.45, 7) is 0.640. The molecule has 3 aromatic carbocycles. The maximum absolute atomic E-state index is 12.9. The Morgan fingerprint density at radius 1 is 0.760 bits per heavy atom. The van der Waals surface area contributed by atoms with Crippen LogP contribution in [-0.4, -0.2) is 10.8 Å². The number of carbonyl (C=O) groups excluding carboxylic acids is 1. The normalized spacial score (nSPS) is 16.1. The maximum atomic E-state index is 12.9. The molecule has 1 heterocycles. The molecule has 25 heavy (non-hydrogen) atoms. The predicted octanol–water partition coefficient (Wildman–Crippen LogP) is 5.27. The van der Waals surface area contributed by atoms with E-state index in [1.807, 2.05) is 59.1 Å². The van der Waals surface area contributed by atoms with Crippen molar-refractivity contribution < 1.29 is 4.79 Å². The molecule has 0 aromatic heterocycles. The van der Waals surface area contributed by atoms with E-state index in [9.17, 15) is 4.79 Å². The van der Waals surface area contributed by atoms with Gasteiger partial charge in [-0.2, -0.15) is 0 Å². The number of rotatable bonds is 5. The second-order valence-corrected chi connectivity index (χ2v) is 7.22. The number of fused-ring (bicyclic) bond motifs is 1. The minimum atomic E-state index is 0.0594. The molecule has 0 bridgehead atoms. The Hall–Kier alpha value is -2.52. The first-order valence-electron chi connectivity index (χ1n) is 8.42. The lowest BCUT2D eigenvalue weighted by Crippen LogP contribution is -2.26. The van der Waals surface area contributed by atoms with Gasteiger partial charge in [-0.3, -0.25) is 4.79 Å². The number of hydrogen-bond acceptors (Lipinski definition) is 2. The number of thioether (sulfide) groups is 1. The van der Waals surface area contributed by atoms with Crippen LogP contribution >= 0.6 is 11.8 Å². The monoisotopic (exact) mass is 345 g/mol. The third-order valence-corrected chi connectivity index (χ3v) is 5.77. The second-order valence-electron chi connectivity index (χ2n) is 6.15. The lowest BCUT2D eigenvalue weighted by molar-refractivity contribution is 0.0761. The molecule has 0 radical (unpaired) electrons. The largest absolute Gasteiger partial charge is 0.318 e. The molecule has 0 saturated heterocycles. The molecular weight excluding hydrogens is 326 g/mol. The summed E-state index contributed by atoms with van der Waals surface area (Å²) in [6.07, 6.45) is 0. The van der Waals surface area contributed by atoms with Crippen molar-refractivity contribution in [2.24, 2.45) is 0 Å². The molecule has 1 atom stereocenters. The summed E-state index contributed by atoms with van der Waals surface area (Å²) in [5.41, 5.74) is 4.41. The van der Waals surface area contributed by atoms with Gasteiger partial charge in [-0.15, -0.1) is 11.8 Å². The minimum Gasteiger partial charge on any atom is -0.318 e. The van der Waals surface area contributed by atoms with Crippen molar-refractivity contribution in [3.63, 3.8) is 0 Å². The molecule has 1 aliphatic heterocycles. The first-order valence-corrected chi connectivity index (χ1v) is 9.47. The highest BCUT2D eigenvalue weighted by molar-refractivity contribution is 7.98. The Morgan fingerprint density at radius 3 is 2.08 bits per heavy atom. The maximum Gasteiger partial charge on any atom is 0.255 e. The molecule has 0 N–H and O–H groups in total. The van der Waals surface area contributed by atoms with Gasteiger partial charge < -0.3 is 4.90 Å². The van der Waals surface area contributed by atoms with Crippen molar-refractivity contribution in [2.45, 2.75) is 17.7 Å². The van der Waals surface area contributed by atoms with E-state index in [1.54, 1.807) is 0 Å². The average molecular weight is 345 g/mol. The van der Waals surface area contributed by atoms with Gasteiger partial charge in [-0.25, -0.2) is 0 Å². The molecule has 124 valence electrons. The van der Waals surface area contributed by atoms with Crippen LogP contribution in [-0.2, 0) is 12.3 Å². The predicted molar refractivity (Wildman–Crippen MR) is 103 cm³/mol. The summed E-state index contributed by atoms with van der Waals surface area (Å²) in [4.78, 5) is 14.9. The van der Waals surface area contributed by atoms with Crippen molar-refractivity contribution in [3.8, 4) is 0 Å². The summed E-state index contributed by atoms with van der Waals surface area (Å²) < 4.78 is 0. The van der Waals surface area contributed by atoms with Crippen molar-refractivity contribution >= 4 is 17.7 Å². The second kappa shape index (κ2) is 7.16. The van der Waals surface area contributed by atoms with E-state index in [0.29, 0.717) is 6.54 Å². The summed E-state index contributed by atoms with van der Waals surface area (Å²) in [5, 5.41) is 0.0594. The third kappa shape index (κ3) is 3.33. The molecular formula is C22H19NOS. The smallest absolute Gasteiger partial charge is 0.255 e. The van der Waals surface area contributed by atoms with Crippen LogP contribution in [0.2, 0.25) is 0 Å². The Balaban J connectivity index is 1.60. The summed E-state index contributed by atoms with van der Waals surface area (Å²) in [5.74, 6) is 1.02. The Bertz CT molecular complexity index is 863. The minimum absolute atomic E-state index is 0.0594. The SMILES string of the molecule is O=C1c2ccccc2[C@H](SCc2ccccc2)N1Cc1ccccc1. The Morgan fingerprint density at radius 2 is 1.36 bits per heavy atom. The zero-order valence-electron chi connectivity index (χ0n) is 13.8. The van der Waals surface area contributed by atoms with Crippen LogP contribution < -0.4 is 0 Å². The molecule has 0 aliphatic carbocycles. The molecule has 0 fully saturated rings. The van der Waals surface area contributed by atoms with Gasteiger partial charge in [-0.05, 0) is 22.8 Å². The quantitative estimate of drug-likeness (QED) is 0.627. The zero-order chi connectivity index (χ0) is 17.1. The topological polar surface area (TPSA) is 20.3 Å². The molecule has 4 rings (SSSR count). The molecule has 1 amide bonds. The molecule has 3 aromatic rings. The fourth-order valence-corrected chi connectivity index (χ4v) is 4.48. The highest BCUT2D eigenvalue weighted by Crippen LogP contribution is 2.43. The van der Waals surface area contributed by atoms with E-state index in [4.69, 9.17) is 0 Å². The molecule has 0 spiro atoms. The average Bonchev–Trinajstić information content (AvgIpc) is 2.94. The van der Waals surface area contributed by atoms with Crippen LogP contribution in [0.4, 0.5) is 0 Å². The number of benzene rings is 3. The highest BCUT2D eigenvalue weighted by atomic mass is 32.2. The van der Waals surface area contributed by atoms with E-state index in [-0.39, 0.29) is 11.3 Å². The number of carbonyl (C=O) groups is 1. The molecule has 1 aliphatic rings. The van der Waals surface area contributed by atoms with Crippen LogP contribution in [0.15, 0.2) is 84.9 Å². The fraction of sp³-hybridized carbons (Fsp3) is 0.136. The molecule has 0 unspecified atom stereocenters. The standard InChI is InChI=1S/C22H19NOS/c24-21-19-13-7-8-14-20(19)22(25-16-18-11-5-2-6-12-18)23(21)15-17-9-3-1-4-10-17/h1-14,22H,15-16H2/t22-/m0/s1. The van der Waals surface area contributed by atoms with E-state index in [2.05, 4.69) is 42.5 Å². The van der Waals surface area contributed by atoms with Gasteiger partial charge in [0.05, 0.1) is 0 Å². The van der Waals surface area contributed by atoms with Crippen molar-refractivity contribution in [3.05, 3.63) is 107 Å². The van der Waals surface area contributed by atoms with Crippen LogP contribution in [0.3, 0.4) is 0 Å². The van der Waals surface area contributed by atoms with Crippen molar-refractivity contribution in [1.82, 2.24) is 4.90 Å². The number of amides is 1. The summed E-state index contributed by atoms with van der Waals surface area (Å²) in [7, 11) is 0. The fourth-order valence-electron chi connectivity index (χ4n) is 3.20. The van der Waals surface area contributed by atoms with Crippen molar-refractivity contribution in [1.29, 1.82) is 0 Å². The van der Waals surface area contributed by atoms with Gasteiger partial charge >= 0.3 is 0 Å².